The van der Waals surface area contributed by atoms with Gasteiger partial charge in [-0.25, -0.2) is 0 Å². The van der Waals surface area contributed by atoms with Gasteiger partial charge in [0.05, 0.1) is 13.2 Å². The molecular weight excluding hydrogens is 580 g/mol. The van der Waals surface area contributed by atoms with E-state index in [1.54, 1.807) is 0 Å². The Morgan fingerprint density at radius 3 is 1.87 bits per heavy atom. The topological polar surface area (TPSA) is 152 Å². The molecule has 0 aromatic heterocycles. The second kappa shape index (κ2) is 26.8. The smallest absolute Gasteiger partial charge is 0.306 e. The number of ether oxygens (including phenoxy) is 4. The molecular formula is C35H58O10. The Bertz CT molecular complexity index is 882. The van der Waals surface area contributed by atoms with E-state index in [0.29, 0.717) is 6.42 Å². The zero-order valence-electron chi connectivity index (χ0n) is 27.3. The van der Waals surface area contributed by atoms with Crippen LogP contribution in [0.15, 0.2) is 48.6 Å². The third-order valence-electron chi connectivity index (χ3n) is 7.29. The van der Waals surface area contributed by atoms with Crippen molar-refractivity contribution >= 4 is 11.9 Å². The van der Waals surface area contributed by atoms with Crippen molar-refractivity contribution in [1.29, 1.82) is 0 Å². The number of hydrogen-bond acceptors (Lipinski definition) is 10. The Balaban J connectivity index is 2.13. The highest BCUT2D eigenvalue weighted by atomic mass is 16.7. The minimum atomic E-state index is -1.59. The molecule has 0 aromatic carbocycles. The molecule has 6 atom stereocenters. The summed E-state index contributed by atoms with van der Waals surface area (Å²) in [6.07, 6.45) is 23.6. The predicted molar refractivity (Wildman–Crippen MR) is 173 cm³/mol. The first-order valence-corrected chi connectivity index (χ1v) is 16.6. The van der Waals surface area contributed by atoms with Gasteiger partial charge >= 0.3 is 11.9 Å². The van der Waals surface area contributed by atoms with Gasteiger partial charge in [0, 0.05) is 13.3 Å². The molecule has 1 saturated heterocycles. The van der Waals surface area contributed by atoms with Crippen molar-refractivity contribution < 1.29 is 49.0 Å². The van der Waals surface area contributed by atoms with Crippen LogP contribution < -0.4 is 0 Å². The summed E-state index contributed by atoms with van der Waals surface area (Å²) < 4.78 is 21.1. The maximum absolute atomic E-state index is 12.4. The molecule has 1 heterocycles. The molecule has 6 unspecified atom stereocenters. The molecule has 1 fully saturated rings. The number of aliphatic hydroxyl groups excluding tert-OH is 4. The van der Waals surface area contributed by atoms with Crippen LogP contribution in [-0.4, -0.2) is 89.0 Å². The molecule has 10 heteroatoms. The number of aliphatic hydroxyl groups is 4. The fraction of sp³-hybridized carbons (Fsp3) is 0.714. The molecule has 0 amide bonds. The van der Waals surface area contributed by atoms with E-state index in [1.807, 2.05) is 0 Å². The van der Waals surface area contributed by atoms with E-state index in [4.69, 9.17) is 18.9 Å². The Labute approximate surface area is 269 Å². The van der Waals surface area contributed by atoms with Gasteiger partial charge in [-0.05, 0) is 44.9 Å². The second-order valence-electron chi connectivity index (χ2n) is 11.3. The monoisotopic (exact) mass is 638 g/mol. The van der Waals surface area contributed by atoms with Crippen molar-refractivity contribution in [3.8, 4) is 0 Å². The Hall–Kier alpha value is -2.34. The van der Waals surface area contributed by atoms with Crippen LogP contribution in [0.5, 0.6) is 0 Å². The summed E-state index contributed by atoms with van der Waals surface area (Å²) in [6, 6.07) is 0. The predicted octanol–water partition coefficient (Wildman–Crippen LogP) is 4.98. The van der Waals surface area contributed by atoms with Gasteiger partial charge in [0.25, 0.3) is 0 Å². The van der Waals surface area contributed by atoms with Crippen molar-refractivity contribution in [2.24, 2.45) is 0 Å². The van der Waals surface area contributed by atoms with Crippen LogP contribution in [0.3, 0.4) is 0 Å². The quantitative estimate of drug-likeness (QED) is 0.0612. The summed E-state index contributed by atoms with van der Waals surface area (Å²) in [4.78, 5) is 23.7. The highest BCUT2D eigenvalue weighted by Gasteiger charge is 2.44. The number of allylic oxidation sites excluding steroid dienone is 8. The average molecular weight is 639 g/mol. The van der Waals surface area contributed by atoms with E-state index in [2.05, 4.69) is 55.5 Å². The van der Waals surface area contributed by atoms with Crippen LogP contribution in [0.1, 0.15) is 104 Å². The normalized spacial score (nSPS) is 23.0. The molecule has 1 aliphatic heterocycles. The molecule has 10 nitrogen and oxygen atoms in total. The lowest BCUT2D eigenvalue weighted by Crippen LogP contribution is -2.59. The number of hydrogen-bond donors (Lipinski definition) is 4. The zero-order valence-corrected chi connectivity index (χ0v) is 27.3. The van der Waals surface area contributed by atoms with E-state index in [1.165, 1.54) is 32.6 Å². The molecule has 4 N–H and O–H groups in total. The summed E-state index contributed by atoms with van der Waals surface area (Å²) in [6.45, 7) is 2.24. The third-order valence-corrected chi connectivity index (χ3v) is 7.29. The molecule has 1 aliphatic rings. The van der Waals surface area contributed by atoms with Gasteiger partial charge in [0.1, 0.15) is 31.0 Å². The first-order chi connectivity index (χ1) is 21.8. The van der Waals surface area contributed by atoms with E-state index >= 15 is 0 Å². The zero-order chi connectivity index (χ0) is 33.1. The van der Waals surface area contributed by atoms with E-state index in [-0.39, 0.29) is 19.6 Å². The van der Waals surface area contributed by atoms with Crippen molar-refractivity contribution in [2.45, 2.75) is 141 Å². The number of rotatable bonds is 25. The number of unbranched alkanes of at least 4 members (excludes halogenated alkanes) is 8. The molecule has 0 aliphatic carbocycles. The SMILES string of the molecule is CC/C=C\C/C=C\C/C=C\C/C=C\CCCCCCCCCCC(=O)OC(COC(C)=O)COC1OC(CO)C(O)C(O)C1O. The average Bonchev–Trinajstić information content (AvgIpc) is 3.02. The number of carbonyl (C=O) groups excluding carboxylic acids is 2. The minimum absolute atomic E-state index is 0.214. The fourth-order valence-electron chi connectivity index (χ4n) is 4.67. The lowest BCUT2D eigenvalue weighted by atomic mass is 9.99. The van der Waals surface area contributed by atoms with Crippen LogP contribution in [0, 0.1) is 0 Å². The molecule has 258 valence electrons. The largest absolute Gasteiger partial charge is 0.462 e. The Kier molecular flexibility index (Phi) is 24.3. The number of esters is 2. The molecule has 45 heavy (non-hydrogen) atoms. The summed E-state index contributed by atoms with van der Waals surface area (Å²) in [5.74, 6) is -1.01. The van der Waals surface area contributed by atoms with Crippen molar-refractivity contribution in [3.63, 3.8) is 0 Å². The first kappa shape index (κ1) is 40.7. The van der Waals surface area contributed by atoms with E-state index in [9.17, 15) is 30.0 Å². The van der Waals surface area contributed by atoms with Gasteiger partial charge in [0.2, 0.25) is 0 Å². The fourth-order valence-corrected chi connectivity index (χ4v) is 4.67. The van der Waals surface area contributed by atoms with Gasteiger partial charge in [-0.3, -0.25) is 9.59 Å². The molecule has 0 aromatic rings. The van der Waals surface area contributed by atoms with Crippen molar-refractivity contribution in [1.82, 2.24) is 0 Å². The standard InChI is InChI=1S/C35H58O10/c1-3-4-5-6-7-8-9-10-11-12-13-14-15-16-17-18-19-20-21-22-23-24-31(38)44-29(26-42-28(2)37)27-43-35-34(41)33(40)32(39)30(25-36)45-35/h4-5,7-8,10-11,13-14,29-30,32-36,39-41H,3,6,9,12,15-27H2,1-2H3/b5-4-,8-7-,11-10-,14-13-. The van der Waals surface area contributed by atoms with E-state index in [0.717, 1.165) is 51.4 Å². The van der Waals surface area contributed by atoms with Crippen LogP contribution in [0.25, 0.3) is 0 Å². The maximum atomic E-state index is 12.4. The second-order valence-corrected chi connectivity index (χ2v) is 11.3. The maximum Gasteiger partial charge on any atom is 0.306 e. The number of carbonyl (C=O) groups is 2. The lowest BCUT2D eigenvalue weighted by Gasteiger charge is -2.39. The van der Waals surface area contributed by atoms with Gasteiger partial charge in [0.15, 0.2) is 12.4 Å². The molecule has 0 spiro atoms. The van der Waals surface area contributed by atoms with Gasteiger partial charge in [-0.15, -0.1) is 0 Å². The molecule has 1 rings (SSSR count). The van der Waals surface area contributed by atoms with Crippen LogP contribution in [-0.2, 0) is 28.5 Å². The summed E-state index contributed by atoms with van der Waals surface area (Å²) in [7, 11) is 0. The summed E-state index contributed by atoms with van der Waals surface area (Å²) in [5, 5.41) is 39.3. The summed E-state index contributed by atoms with van der Waals surface area (Å²) in [5.41, 5.74) is 0. The Morgan fingerprint density at radius 1 is 0.733 bits per heavy atom. The van der Waals surface area contributed by atoms with Gasteiger partial charge < -0.3 is 39.4 Å². The van der Waals surface area contributed by atoms with Crippen LogP contribution in [0.2, 0.25) is 0 Å². The van der Waals surface area contributed by atoms with Crippen molar-refractivity contribution in [3.05, 3.63) is 48.6 Å². The van der Waals surface area contributed by atoms with Gasteiger partial charge in [-0.2, -0.15) is 0 Å². The third kappa shape index (κ3) is 20.4. The lowest BCUT2D eigenvalue weighted by molar-refractivity contribution is -0.305. The highest BCUT2D eigenvalue weighted by Crippen LogP contribution is 2.22. The molecule has 0 saturated carbocycles. The van der Waals surface area contributed by atoms with Crippen molar-refractivity contribution in [2.75, 3.05) is 19.8 Å². The van der Waals surface area contributed by atoms with E-state index < -0.39 is 55.4 Å². The minimum Gasteiger partial charge on any atom is -0.462 e. The Morgan fingerprint density at radius 2 is 1.29 bits per heavy atom. The summed E-state index contributed by atoms with van der Waals surface area (Å²) >= 11 is 0. The van der Waals surface area contributed by atoms with Gasteiger partial charge in [-0.1, -0.05) is 94.1 Å². The van der Waals surface area contributed by atoms with Crippen LogP contribution >= 0.6 is 0 Å². The highest BCUT2D eigenvalue weighted by molar-refractivity contribution is 5.69. The molecule has 0 radical (unpaired) electrons. The molecule has 0 bridgehead atoms. The van der Waals surface area contributed by atoms with Crippen LogP contribution in [0.4, 0.5) is 0 Å². The first-order valence-electron chi connectivity index (χ1n) is 16.6.